The quantitative estimate of drug-likeness (QED) is 0.604. The van der Waals surface area contributed by atoms with Gasteiger partial charge in [-0.1, -0.05) is 18.2 Å². The molecule has 4 aliphatic heterocycles. The van der Waals surface area contributed by atoms with Crippen molar-refractivity contribution in [3.63, 3.8) is 0 Å². The smallest absolute Gasteiger partial charge is 0.166 e. The maximum absolute atomic E-state index is 13.3. The van der Waals surface area contributed by atoms with Gasteiger partial charge in [-0.05, 0) is 74.8 Å². The Kier molecular flexibility index (Phi) is 5.72. The van der Waals surface area contributed by atoms with Crippen LogP contribution in [0.5, 0.6) is 11.5 Å². The van der Waals surface area contributed by atoms with Gasteiger partial charge in [0, 0.05) is 49.4 Å². The largest absolute Gasteiger partial charge is 0.493 e. The van der Waals surface area contributed by atoms with Crippen LogP contribution in [0.3, 0.4) is 0 Å². The third-order valence-corrected chi connectivity index (χ3v) is 9.47. The number of benzene rings is 2. The van der Waals surface area contributed by atoms with E-state index in [0.717, 1.165) is 69.3 Å². The molecule has 1 aliphatic carbocycles. The van der Waals surface area contributed by atoms with Crippen molar-refractivity contribution in [2.24, 2.45) is 0 Å². The van der Waals surface area contributed by atoms with Gasteiger partial charge in [0.2, 0.25) is 0 Å². The monoisotopic (exact) mass is 505 g/mol. The lowest BCUT2D eigenvalue weighted by Gasteiger charge is -2.36. The maximum atomic E-state index is 13.3. The summed E-state index contributed by atoms with van der Waals surface area (Å²) >= 11 is 0. The topological polar surface area (TPSA) is 48.4 Å². The van der Waals surface area contributed by atoms with Gasteiger partial charge in [-0.3, -0.25) is 9.80 Å². The van der Waals surface area contributed by atoms with Crippen LogP contribution in [0.2, 0.25) is 0 Å². The summed E-state index contributed by atoms with van der Waals surface area (Å²) < 4.78 is 25.5. The molecule has 7 heteroatoms. The summed E-state index contributed by atoms with van der Waals surface area (Å²) in [5.41, 5.74) is 3.58. The zero-order valence-corrected chi connectivity index (χ0v) is 21.5. The number of aliphatic hydroxyl groups excluding tert-OH is 1. The second-order valence-corrected chi connectivity index (χ2v) is 11.5. The van der Waals surface area contributed by atoms with Crippen LogP contribution in [0.25, 0.3) is 0 Å². The summed E-state index contributed by atoms with van der Waals surface area (Å²) in [6.45, 7) is 6.28. The molecule has 7 rings (SSSR count). The fraction of sp³-hybridized carbons (Fsp3) is 0.533. The maximum Gasteiger partial charge on any atom is 0.166 e. The lowest BCUT2D eigenvalue weighted by atomic mass is 9.69. The van der Waals surface area contributed by atoms with Crippen LogP contribution in [-0.2, 0) is 12.0 Å². The molecule has 2 saturated heterocycles. The lowest BCUT2D eigenvalue weighted by Crippen LogP contribution is -2.47. The van der Waals surface area contributed by atoms with Crippen molar-refractivity contribution in [3.05, 3.63) is 65.5 Å². The van der Waals surface area contributed by atoms with Crippen LogP contribution in [-0.4, -0.2) is 79.0 Å². The van der Waals surface area contributed by atoms with Crippen molar-refractivity contribution in [2.75, 3.05) is 44.7 Å². The first-order chi connectivity index (χ1) is 18.0. The highest BCUT2D eigenvalue weighted by Gasteiger charge is 2.52. The molecule has 2 unspecified atom stereocenters. The van der Waals surface area contributed by atoms with Crippen LogP contribution in [0, 0.1) is 5.82 Å². The lowest BCUT2D eigenvalue weighted by molar-refractivity contribution is 0.0807. The van der Waals surface area contributed by atoms with Gasteiger partial charge in [0.25, 0.3) is 0 Å². The Morgan fingerprint density at radius 1 is 1.08 bits per heavy atom. The Morgan fingerprint density at radius 3 is 2.73 bits per heavy atom. The van der Waals surface area contributed by atoms with Crippen LogP contribution in [0.15, 0.2) is 48.6 Å². The standard InChI is InChI=1S/C30H36FN3O3/c1-36-26-8-3-20-17-32(14-11-30-10-9-25(35)16-27(30)37-29(26)28(20)30)12-2-13-33-18-24-15-23(33)19-34(24)22-6-4-21(31)5-7-22/h3-10,23-25,27,35H,2,11-19H2,1H3/t23?,24?,25-,27-,30-/m0/s1. The van der Waals surface area contributed by atoms with E-state index in [0.29, 0.717) is 18.5 Å². The Bertz CT molecular complexity index is 1200. The number of likely N-dealkylation sites (tertiary alicyclic amines) is 1. The van der Waals surface area contributed by atoms with Gasteiger partial charge in [0.1, 0.15) is 11.9 Å². The van der Waals surface area contributed by atoms with E-state index in [1.165, 1.54) is 17.5 Å². The first kappa shape index (κ1) is 23.5. The number of halogens is 1. The molecular formula is C30H36FN3O3. The van der Waals surface area contributed by atoms with Gasteiger partial charge in [-0.15, -0.1) is 0 Å². The molecule has 2 fully saturated rings. The minimum atomic E-state index is -0.450. The number of hydrogen-bond acceptors (Lipinski definition) is 6. The zero-order chi connectivity index (χ0) is 25.1. The van der Waals surface area contributed by atoms with Gasteiger partial charge in [-0.2, -0.15) is 0 Å². The van der Waals surface area contributed by atoms with E-state index < -0.39 is 6.10 Å². The van der Waals surface area contributed by atoms with E-state index in [2.05, 4.69) is 26.8 Å². The highest BCUT2D eigenvalue weighted by atomic mass is 19.1. The molecule has 6 nitrogen and oxygen atoms in total. The van der Waals surface area contributed by atoms with Gasteiger partial charge < -0.3 is 19.5 Å². The second kappa shape index (κ2) is 9.00. The normalized spacial score (nSPS) is 32.2. The highest BCUT2D eigenvalue weighted by Crippen LogP contribution is 2.55. The number of fused-ring (bicyclic) bond motifs is 2. The van der Waals surface area contributed by atoms with Gasteiger partial charge in [-0.25, -0.2) is 4.39 Å². The number of ether oxygens (including phenoxy) is 2. The third-order valence-electron chi connectivity index (χ3n) is 9.47. The number of hydrogen-bond donors (Lipinski definition) is 1. The fourth-order valence-corrected chi connectivity index (χ4v) is 7.65. The summed E-state index contributed by atoms with van der Waals surface area (Å²) in [6.07, 6.45) is 7.68. The number of methoxy groups -OCH3 is 1. The first-order valence-electron chi connectivity index (χ1n) is 13.8. The van der Waals surface area contributed by atoms with Gasteiger partial charge in [0.05, 0.1) is 18.6 Å². The minimum Gasteiger partial charge on any atom is -0.493 e. The van der Waals surface area contributed by atoms with Crippen LogP contribution < -0.4 is 14.4 Å². The van der Waals surface area contributed by atoms with Crippen LogP contribution >= 0.6 is 0 Å². The molecule has 2 bridgehead atoms. The summed E-state index contributed by atoms with van der Waals surface area (Å²) in [6, 6.07) is 12.4. The predicted molar refractivity (Wildman–Crippen MR) is 141 cm³/mol. The number of nitrogens with zero attached hydrogens (tertiary/aromatic N) is 3. The van der Waals surface area contributed by atoms with Crippen molar-refractivity contribution in [3.8, 4) is 11.5 Å². The molecule has 5 aliphatic rings. The molecule has 1 N–H and O–H groups in total. The Labute approximate surface area is 218 Å². The SMILES string of the molecule is COc1ccc2c3c1O[C@H]1C[C@@H](O)C=C[C@@]31CCN(CCCN1CC3CC1CN3c1ccc(F)cc1)C2. The van der Waals surface area contributed by atoms with Gasteiger partial charge >= 0.3 is 0 Å². The van der Waals surface area contributed by atoms with Crippen LogP contribution in [0.1, 0.15) is 36.8 Å². The molecule has 0 radical (unpaired) electrons. The van der Waals surface area contributed by atoms with E-state index in [4.69, 9.17) is 9.47 Å². The van der Waals surface area contributed by atoms with Crippen molar-refractivity contribution < 1.29 is 19.0 Å². The van der Waals surface area contributed by atoms with E-state index in [1.54, 1.807) is 19.2 Å². The average Bonchev–Trinajstić information content (AvgIpc) is 3.56. The van der Waals surface area contributed by atoms with Crippen molar-refractivity contribution in [1.29, 1.82) is 0 Å². The molecule has 37 heavy (non-hydrogen) atoms. The Balaban J connectivity index is 1.01. The average molecular weight is 506 g/mol. The van der Waals surface area contributed by atoms with E-state index >= 15 is 0 Å². The molecule has 196 valence electrons. The number of piperazine rings is 1. The molecule has 0 amide bonds. The Hall–Kier alpha value is -2.61. The zero-order valence-electron chi connectivity index (χ0n) is 21.5. The van der Waals surface area contributed by atoms with Gasteiger partial charge in [0.15, 0.2) is 11.5 Å². The summed E-state index contributed by atoms with van der Waals surface area (Å²) in [4.78, 5) is 7.73. The molecule has 2 aromatic rings. The molecule has 4 heterocycles. The molecular weight excluding hydrogens is 469 g/mol. The summed E-state index contributed by atoms with van der Waals surface area (Å²) in [5, 5.41) is 10.3. The predicted octanol–water partition coefficient (Wildman–Crippen LogP) is 3.71. The second-order valence-electron chi connectivity index (χ2n) is 11.5. The van der Waals surface area contributed by atoms with Crippen LogP contribution in [0.4, 0.5) is 10.1 Å². The summed E-state index contributed by atoms with van der Waals surface area (Å²) in [7, 11) is 1.70. The summed E-state index contributed by atoms with van der Waals surface area (Å²) in [5.74, 6) is 1.50. The number of anilines is 1. The third kappa shape index (κ3) is 3.85. The van der Waals surface area contributed by atoms with Crippen molar-refractivity contribution in [2.45, 2.75) is 61.9 Å². The van der Waals surface area contributed by atoms with Crippen molar-refractivity contribution in [1.82, 2.24) is 9.80 Å². The highest BCUT2D eigenvalue weighted by molar-refractivity contribution is 5.61. The molecule has 0 saturated carbocycles. The van der Waals surface area contributed by atoms with E-state index in [9.17, 15) is 9.50 Å². The number of rotatable bonds is 6. The molecule has 1 spiro atoms. The van der Waals surface area contributed by atoms with E-state index in [-0.39, 0.29) is 17.3 Å². The van der Waals surface area contributed by atoms with Crippen molar-refractivity contribution >= 4 is 5.69 Å². The molecule has 5 atom stereocenters. The fourth-order valence-electron chi connectivity index (χ4n) is 7.65. The molecule has 0 aromatic heterocycles. The number of aliphatic hydroxyl groups is 1. The Morgan fingerprint density at radius 2 is 1.95 bits per heavy atom. The molecule has 2 aromatic carbocycles. The van der Waals surface area contributed by atoms with E-state index in [1.807, 2.05) is 24.3 Å². The minimum absolute atomic E-state index is 0.0401. The first-order valence-corrected chi connectivity index (χ1v) is 13.8.